The number of nitrogens with zero attached hydrogens (tertiary/aromatic N) is 1. The van der Waals surface area contributed by atoms with E-state index < -0.39 is 5.97 Å². The number of unbranched alkanes of at least 4 members (excludes halogenated alkanes) is 1. The Morgan fingerprint density at radius 1 is 1.28 bits per heavy atom. The van der Waals surface area contributed by atoms with Crippen molar-refractivity contribution in [1.82, 2.24) is 0 Å². The van der Waals surface area contributed by atoms with Crippen molar-refractivity contribution >= 4 is 11.8 Å². The number of aliphatic carboxylic acids is 1. The van der Waals surface area contributed by atoms with E-state index in [1.165, 1.54) is 30.4 Å². The molecule has 156 valence electrons. The predicted molar refractivity (Wildman–Crippen MR) is 111 cm³/mol. The van der Waals surface area contributed by atoms with E-state index in [0.717, 1.165) is 38.5 Å². The first-order valence-electron chi connectivity index (χ1n) is 11.5. The van der Waals surface area contributed by atoms with Gasteiger partial charge in [-0.05, 0) is 97.7 Å². The molecule has 0 saturated heterocycles. The van der Waals surface area contributed by atoms with E-state index in [1.807, 2.05) is 6.08 Å². The third-order valence-electron chi connectivity index (χ3n) is 8.64. The van der Waals surface area contributed by atoms with Crippen LogP contribution in [0.1, 0.15) is 84.0 Å². The summed E-state index contributed by atoms with van der Waals surface area (Å²) in [5, 5.41) is 18.4. The van der Waals surface area contributed by atoms with E-state index in [0.29, 0.717) is 41.9 Å². The monoisotopic (exact) mass is 395 g/mol. The van der Waals surface area contributed by atoms with Gasteiger partial charge in [0.05, 0.1) is 6.07 Å². The molecule has 0 radical (unpaired) electrons. The first-order valence-corrected chi connectivity index (χ1v) is 11.5. The Labute approximate surface area is 174 Å². The Morgan fingerprint density at radius 2 is 2.10 bits per heavy atom. The van der Waals surface area contributed by atoms with Crippen LogP contribution in [-0.4, -0.2) is 16.9 Å². The van der Waals surface area contributed by atoms with Crippen molar-refractivity contribution in [2.24, 2.45) is 29.1 Å². The zero-order valence-electron chi connectivity index (χ0n) is 17.6. The molecule has 0 aromatic rings. The maximum absolute atomic E-state index is 12.0. The fraction of sp³-hybridized carbons (Fsp3) is 0.720. The minimum atomic E-state index is -0.689. The van der Waals surface area contributed by atoms with E-state index in [9.17, 15) is 14.9 Å². The van der Waals surface area contributed by atoms with Gasteiger partial charge in [0.2, 0.25) is 0 Å². The summed E-state index contributed by atoms with van der Waals surface area (Å²) in [6.45, 7) is 2.48. The molecular formula is C25H33NO3. The summed E-state index contributed by atoms with van der Waals surface area (Å²) in [6, 6.07) is 2.44. The Hall–Kier alpha value is -1.89. The number of carbonyl (C=O) groups is 2. The highest BCUT2D eigenvalue weighted by Crippen LogP contribution is 2.64. The van der Waals surface area contributed by atoms with Crippen LogP contribution in [0.5, 0.6) is 0 Å². The quantitative estimate of drug-likeness (QED) is 0.594. The van der Waals surface area contributed by atoms with Crippen LogP contribution in [0.3, 0.4) is 0 Å². The molecule has 4 nitrogen and oxygen atoms in total. The fourth-order valence-electron chi connectivity index (χ4n) is 7.28. The van der Waals surface area contributed by atoms with Crippen molar-refractivity contribution in [3.05, 3.63) is 22.8 Å². The molecule has 0 aliphatic heterocycles. The minimum Gasteiger partial charge on any atom is -0.481 e. The molecule has 0 amide bonds. The number of carbonyl (C=O) groups excluding carboxylic acids is 1. The second-order valence-electron chi connectivity index (χ2n) is 10.0. The standard InChI is InChI=1S/C25H33NO3/c1-25-12-10-21-20-8-7-19(27)15-17(20)14-16(11-13-26)24(21)22(25)9-6-18(25)4-2-3-5-23(28)29/h15-16,18,22,24H,2-12,14H2,1H3,(H,28,29)/t16-,18+,22?,24?,25-/m1/s1. The SMILES string of the molecule is C[C@]12CCC3=C4CCC(=O)C=C4C[C@@H](CC#N)C3C1CC[C@@H]2CCCCC(=O)O. The normalized spacial score (nSPS) is 36.0. The molecule has 0 aromatic carbocycles. The summed E-state index contributed by atoms with van der Waals surface area (Å²) in [7, 11) is 0. The van der Waals surface area contributed by atoms with Crippen LogP contribution in [0.4, 0.5) is 0 Å². The summed E-state index contributed by atoms with van der Waals surface area (Å²) < 4.78 is 0. The molecule has 4 rings (SSSR count). The van der Waals surface area contributed by atoms with Gasteiger partial charge in [0.1, 0.15) is 0 Å². The Morgan fingerprint density at radius 3 is 2.86 bits per heavy atom. The van der Waals surface area contributed by atoms with Gasteiger partial charge in [0.25, 0.3) is 0 Å². The van der Waals surface area contributed by atoms with Crippen molar-refractivity contribution in [1.29, 1.82) is 5.26 Å². The van der Waals surface area contributed by atoms with Crippen LogP contribution in [0.2, 0.25) is 0 Å². The van der Waals surface area contributed by atoms with E-state index in [2.05, 4.69) is 13.0 Å². The van der Waals surface area contributed by atoms with Gasteiger partial charge in [-0.3, -0.25) is 9.59 Å². The van der Waals surface area contributed by atoms with E-state index in [4.69, 9.17) is 5.11 Å². The predicted octanol–water partition coefficient (Wildman–Crippen LogP) is 5.59. The summed E-state index contributed by atoms with van der Waals surface area (Å²) in [6.07, 6.45) is 12.9. The van der Waals surface area contributed by atoms with Crippen molar-refractivity contribution in [3.63, 3.8) is 0 Å². The zero-order chi connectivity index (χ0) is 20.6. The number of ketones is 1. The van der Waals surface area contributed by atoms with Crippen molar-refractivity contribution in [2.75, 3.05) is 0 Å². The lowest BCUT2D eigenvalue weighted by atomic mass is 9.53. The maximum Gasteiger partial charge on any atom is 0.303 e. The molecule has 2 saturated carbocycles. The van der Waals surface area contributed by atoms with E-state index >= 15 is 0 Å². The first kappa shape index (κ1) is 20.4. The lowest BCUT2D eigenvalue weighted by molar-refractivity contribution is -0.137. The number of fused-ring (bicyclic) bond motifs is 4. The molecule has 1 N–H and O–H groups in total. The molecule has 5 atom stereocenters. The van der Waals surface area contributed by atoms with Gasteiger partial charge in [-0.1, -0.05) is 18.9 Å². The molecule has 4 aliphatic carbocycles. The molecule has 0 heterocycles. The Kier molecular flexibility index (Phi) is 5.69. The molecule has 4 heteroatoms. The fourth-order valence-corrected chi connectivity index (χ4v) is 7.28. The average Bonchev–Trinajstić information content (AvgIpc) is 3.01. The molecule has 0 bridgehead atoms. The summed E-state index contributed by atoms with van der Waals surface area (Å²) in [4.78, 5) is 22.8. The third-order valence-corrected chi connectivity index (χ3v) is 8.64. The minimum absolute atomic E-state index is 0.251. The highest BCUT2D eigenvalue weighted by atomic mass is 16.4. The number of carboxylic acid groups (broad SMARTS) is 1. The largest absolute Gasteiger partial charge is 0.481 e. The summed E-state index contributed by atoms with van der Waals surface area (Å²) in [5.74, 6) is 1.75. The highest BCUT2D eigenvalue weighted by Gasteiger charge is 2.55. The van der Waals surface area contributed by atoms with Gasteiger partial charge >= 0.3 is 5.97 Å². The number of carboxylic acids is 1. The maximum atomic E-state index is 12.0. The van der Waals surface area contributed by atoms with Crippen molar-refractivity contribution in [2.45, 2.75) is 84.0 Å². The number of rotatable bonds is 6. The van der Waals surface area contributed by atoms with Gasteiger partial charge < -0.3 is 5.11 Å². The molecule has 2 unspecified atom stereocenters. The van der Waals surface area contributed by atoms with Crippen molar-refractivity contribution in [3.8, 4) is 6.07 Å². The smallest absolute Gasteiger partial charge is 0.303 e. The molecular weight excluding hydrogens is 362 g/mol. The number of hydrogen-bond acceptors (Lipinski definition) is 3. The lowest BCUT2D eigenvalue weighted by Gasteiger charge is -2.52. The van der Waals surface area contributed by atoms with Crippen LogP contribution in [0.15, 0.2) is 22.8 Å². The van der Waals surface area contributed by atoms with Crippen molar-refractivity contribution < 1.29 is 14.7 Å². The molecule has 0 aromatic heterocycles. The number of nitriles is 1. The van der Waals surface area contributed by atoms with Gasteiger partial charge in [0, 0.05) is 19.3 Å². The molecule has 0 spiro atoms. The topological polar surface area (TPSA) is 78.2 Å². The highest BCUT2D eigenvalue weighted by molar-refractivity contribution is 5.93. The van der Waals surface area contributed by atoms with Crippen LogP contribution < -0.4 is 0 Å². The van der Waals surface area contributed by atoms with Crippen LogP contribution >= 0.6 is 0 Å². The van der Waals surface area contributed by atoms with Crippen LogP contribution in [0.25, 0.3) is 0 Å². The molecule has 29 heavy (non-hydrogen) atoms. The van der Waals surface area contributed by atoms with Gasteiger partial charge in [-0.25, -0.2) is 0 Å². The van der Waals surface area contributed by atoms with E-state index in [1.54, 1.807) is 5.57 Å². The number of allylic oxidation sites excluding steroid dienone is 4. The zero-order valence-corrected chi connectivity index (χ0v) is 17.6. The second kappa shape index (κ2) is 8.09. The molecule has 4 aliphatic rings. The van der Waals surface area contributed by atoms with Gasteiger partial charge in [-0.2, -0.15) is 5.26 Å². The van der Waals surface area contributed by atoms with E-state index in [-0.39, 0.29) is 12.2 Å². The molecule has 2 fully saturated rings. The Bertz CT molecular complexity index is 801. The number of hydrogen-bond donors (Lipinski definition) is 1. The summed E-state index contributed by atoms with van der Waals surface area (Å²) >= 11 is 0. The van der Waals surface area contributed by atoms with Crippen LogP contribution in [-0.2, 0) is 9.59 Å². The van der Waals surface area contributed by atoms with Gasteiger partial charge in [0.15, 0.2) is 5.78 Å². The lowest BCUT2D eigenvalue weighted by Crippen LogP contribution is -2.43. The van der Waals surface area contributed by atoms with Gasteiger partial charge in [-0.15, -0.1) is 0 Å². The Balaban J connectivity index is 1.57. The third kappa shape index (κ3) is 3.69. The van der Waals surface area contributed by atoms with Crippen LogP contribution in [0, 0.1) is 40.4 Å². The average molecular weight is 396 g/mol. The summed E-state index contributed by atoms with van der Waals surface area (Å²) in [5.41, 5.74) is 4.61. The first-order chi connectivity index (χ1) is 13.9. The second-order valence-corrected chi connectivity index (χ2v) is 10.0.